The molecule has 1 aromatic carbocycles. The minimum atomic E-state index is 0.218. The molecule has 0 aromatic heterocycles. The van der Waals surface area contributed by atoms with E-state index in [0.29, 0.717) is 18.0 Å². The smallest absolute Gasteiger partial charge is 0.226 e. The summed E-state index contributed by atoms with van der Waals surface area (Å²) in [6.07, 6.45) is 4.21. The standard InChI is InChI=1S/C17H24N2O/c1-13-12-15(9-10-18-13)17(20)19-11-5-8-16(19)14-6-3-2-4-7-14/h2-4,6-7,13,15-16,18H,5,8-12H2,1H3. The number of nitrogens with zero attached hydrogens (tertiary/aromatic N) is 1. The van der Waals surface area contributed by atoms with Crippen molar-refractivity contribution in [3.63, 3.8) is 0 Å². The molecule has 2 aliphatic rings. The van der Waals surface area contributed by atoms with Gasteiger partial charge in [-0.25, -0.2) is 0 Å². The average molecular weight is 272 g/mol. The van der Waals surface area contributed by atoms with Crippen molar-refractivity contribution in [2.24, 2.45) is 5.92 Å². The molecule has 20 heavy (non-hydrogen) atoms. The summed E-state index contributed by atoms with van der Waals surface area (Å²) in [7, 11) is 0. The molecule has 2 saturated heterocycles. The van der Waals surface area contributed by atoms with E-state index in [0.717, 1.165) is 38.8 Å². The molecule has 3 heteroatoms. The third-order valence-electron chi connectivity index (χ3n) is 4.69. The highest BCUT2D eigenvalue weighted by molar-refractivity contribution is 5.79. The molecule has 108 valence electrons. The van der Waals surface area contributed by atoms with Crippen LogP contribution in [0, 0.1) is 5.92 Å². The summed E-state index contributed by atoms with van der Waals surface area (Å²) in [6.45, 7) is 4.08. The van der Waals surface area contributed by atoms with Crippen LogP contribution in [0.3, 0.4) is 0 Å². The number of carbonyl (C=O) groups excluding carboxylic acids is 1. The van der Waals surface area contributed by atoms with Crippen molar-refractivity contribution in [3.8, 4) is 0 Å². The number of hydrogen-bond donors (Lipinski definition) is 1. The number of carbonyl (C=O) groups is 1. The fourth-order valence-corrected chi connectivity index (χ4v) is 3.64. The molecule has 2 fully saturated rings. The zero-order valence-electron chi connectivity index (χ0n) is 12.2. The predicted octanol–water partition coefficient (Wildman–Crippen LogP) is 2.74. The van der Waals surface area contributed by atoms with Gasteiger partial charge in [-0.15, -0.1) is 0 Å². The van der Waals surface area contributed by atoms with Crippen LogP contribution in [0.15, 0.2) is 30.3 Å². The van der Waals surface area contributed by atoms with Crippen LogP contribution in [0.2, 0.25) is 0 Å². The molecule has 0 aliphatic carbocycles. The summed E-state index contributed by atoms with van der Waals surface area (Å²) >= 11 is 0. The Morgan fingerprint density at radius 1 is 1.25 bits per heavy atom. The first-order valence-electron chi connectivity index (χ1n) is 7.84. The van der Waals surface area contributed by atoms with Crippen LogP contribution in [0.4, 0.5) is 0 Å². The first kappa shape index (κ1) is 13.6. The zero-order chi connectivity index (χ0) is 13.9. The largest absolute Gasteiger partial charge is 0.335 e. The molecule has 0 saturated carbocycles. The molecule has 0 bridgehead atoms. The summed E-state index contributed by atoms with van der Waals surface area (Å²) in [5, 5.41) is 3.43. The fourth-order valence-electron chi connectivity index (χ4n) is 3.64. The summed E-state index contributed by atoms with van der Waals surface area (Å²) < 4.78 is 0. The van der Waals surface area contributed by atoms with Gasteiger partial charge >= 0.3 is 0 Å². The van der Waals surface area contributed by atoms with Crippen LogP contribution < -0.4 is 5.32 Å². The van der Waals surface area contributed by atoms with Gasteiger partial charge in [0.05, 0.1) is 6.04 Å². The second kappa shape index (κ2) is 5.96. The maximum absolute atomic E-state index is 12.8. The molecule has 3 rings (SSSR count). The highest BCUT2D eigenvalue weighted by Crippen LogP contribution is 2.34. The van der Waals surface area contributed by atoms with E-state index < -0.39 is 0 Å². The van der Waals surface area contributed by atoms with E-state index in [1.54, 1.807) is 0 Å². The van der Waals surface area contributed by atoms with Crippen LogP contribution in [-0.4, -0.2) is 29.9 Å². The van der Waals surface area contributed by atoms with Gasteiger partial charge in [0.2, 0.25) is 5.91 Å². The van der Waals surface area contributed by atoms with Gasteiger partial charge < -0.3 is 10.2 Å². The topological polar surface area (TPSA) is 32.3 Å². The quantitative estimate of drug-likeness (QED) is 0.898. The first-order valence-corrected chi connectivity index (χ1v) is 7.84. The van der Waals surface area contributed by atoms with E-state index in [1.807, 2.05) is 6.07 Å². The van der Waals surface area contributed by atoms with Crippen molar-refractivity contribution in [2.45, 2.75) is 44.7 Å². The van der Waals surface area contributed by atoms with Crippen LogP contribution >= 0.6 is 0 Å². The molecule has 3 atom stereocenters. The summed E-state index contributed by atoms with van der Waals surface area (Å²) in [6, 6.07) is 11.3. The van der Waals surface area contributed by atoms with Gasteiger partial charge in [-0.1, -0.05) is 30.3 Å². The van der Waals surface area contributed by atoms with Gasteiger partial charge in [-0.2, -0.15) is 0 Å². The maximum Gasteiger partial charge on any atom is 0.226 e. The number of likely N-dealkylation sites (tertiary alicyclic amines) is 1. The van der Waals surface area contributed by atoms with E-state index in [2.05, 4.69) is 41.4 Å². The Hall–Kier alpha value is -1.35. The Kier molecular flexibility index (Phi) is 4.06. The number of rotatable bonds is 2. The number of benzene rings is 1. The Morgan fingerprint density at radius 3 is 2.80 bits per heavy atom. The van der Waals surface area contributed by atoms with E-state index in [4.69, 9.17) is 0 Å². The minimum Gasteiger partial charge on any atom is -0.335 e. The van der Waals surface area contributed by atoms with Crippen molar-refractivity contribution in [2.75, 3.05) is 13.1 Å². The number of nitrogens with one attached hydrogen (secondary N) is 1. The van der Waals surface area contributed by atoms with E-state index in [9.17, 15) is 4.79 Å². The third kappa shape index (κ3) is 2.73. The lowest BCUT2D eigenvalue weighted by Gasteiger charge is -2.33. The van der Waals surface area contributed by atoms with E-state index in [-0.39, 0.29) is 5.92 Å². The minimum absolute atomic E-state index is 0.218. The number of hydrogen-bond acceptors (Lipinski definition) is 2. The van der Waals surface area contributed by atoms with Crippen LogP contribution in [0.1, 0.15) is 44.2 Å². The molecule has 1 N–H and O–H groups in total. The average Bonchev–Trinajstić information content (AvgIpc) is 2.97. The SMILES string of the molecule is CC1CC(C(=O)N2CCCC2c2ccccc2)CCN1. The molecular weight excluding hydrogens is 248 g/mol. The van der Waals surface area contributed by atoms with Gasteiger partial charge in [0.25, 0.3) is 0 Å². The fraction of sp³-hybridized carbons (Fsp3) is 0.588. The highest BCUT2D eigenvalue weighted by atomic mass is 16.2. The molecule has 3 unspecified atom stereocenters. The summed E-state index contributed by atoms with van der Waals surface area (Å²) in [5.74, 6) is 0.597. The van der Waals surface area contributed by atoms with E-state index in [1.165, 1.54) is 5.56 Å². The predicted molar refractivity (Wildman–Crippen MR) is 80.3 cm³/mol. The molecule has 1 aromatic rings. The molecule has 3 nitrogen and oxygen atoms in total. The molecule has 0 radical (unpaired) electrons. The van der Waals surface area contributed by atoms with Gasteiger partial charge in [-0.05, 0) is 44.7 Å². The van der Waals surface area contributed by atoms with Gasteiger partial charge in [0, 0.05) is 18.5 Å². The molecule has 1 amide bonds. The normalized spacial score (nSPS) is 30.4. The van der Waals surface area contributed by atoms with Crippen molar-refractivity contribution < 1.29 is 4.79 Å². The van der Waals surface area contributed by atoms with Crippen LogP contribution in [0.5, 0.6) is 0 Å². The lowest BCUT2D eigenvalue weighted by molar-refractivity contribution is -0.137. The molecule has 2 aliphatic heterocycles. The van der Waals surface area contributed by atoms with Gasteiger partial charge in [0.1, 0.15) is 0 Å². The lowest BCUT2D eigenvalue weighted by Crippen LogP contribution is -2.44. The van der Waals surface area contributed by atoms with Crippen molar-refractivity contribution >= 4 is 5.91 Å². The first-order chi connectivity index (χ1) is 9.75. The summed E-state index contributed by atoms with van der Waals surface area (Å²) in [4.78, 5) is 15.0. The van der Waals surface area contributed by atoms with Gasteiger partial charge in [0.15, 0.2) is 0 Å². The van der Waals surface area contributed by atoms with E-state index >= 15 is 0 Å². The van der Waals surface area contributed by atoms with Crippen LogP contribution in [-0.2, 0) is 4.79 Å². The molecule has 2 heterocycles. The zero-order valence-corrected chi connectivity index (χ0v) is 12.2. The Balaban J connectivity index is 1.73. The molecule has 0 spiro atoms. The van der Waals surface area contributed by atoms with Crippen molar-refractivity contribution in [3.05, 3.63) is 35.9 Å². The Labute approximate surface area is 121 Å². The number of piperidine rings is 1. The Morgan fingerprint density at radius 2 is 2.05 bits per heavy atom. The second-order valence-electron chi connectivity index (χ2n) is 6.18. The van der Waals surface area contributed by atoms with Crippen molar-refractivity contribution in [1.82, 2.24) is 10.2 Å². The second-order valence-corrected chi connectivity index (χ2v) is 6.18. The lowest BCUT2D eigenvalue weighted by atomic mass is 9.91. The monoisotopic (exact) mass is 272 g/mol. The van der Waals surface area contributed by atoms with Crippen molar-refractivity contribution in [1.29, 1.82) is 0 Å². The summed E-state index contributed by atoms with van der Waals surface area (Å²) in [5.41, 5.74) is 1.29. The van der Waals surface area contributed by atoms with Crippen LogP contribution in [0.25, 0.3) is 0 Å². The maximum atomic E-state index is 12.8. The third-order valence-corrected chi connectivity index (χ3v) is 4.69. The highest BCUT2D eigenvalue weighted by Gasteiger charge is 2.35. The Bertz CT molecular complexity index is 459. The van der Waals surface area contributed by atoms with Gasteiger partial charge in [-0.3, -0.25) is 4.79 Å². The molecular formula is C17H24N2O. The number of amides is 1.